The minimum absolute atomic E-state index is 0.0243. The first-order chi connectivity index (χ1) is 14.6. The minimum atomic E-state index is -0.704. The smallest absolute Gasteiger partial charge is 0.267 e. The van der Waals surface area contributed by atoms with E-state index in [1.165, 1.54) is 11.6 Å². The number of primary amides is 2. The lowest BCUT2D eigenvalue weighted by atomic mass is 9.87. The Morgan fingerprint density at radius 2 is 1.52 bits per heavy atom. The second-order valence-electron chi connectivity index (χ2n) is 8.05. The van der Waals surface area contributed by atoms with Crippen LogP contribution in [-0.4, -0.2) is 28.3 Å². The van der Waals surface area contributed by atoms with E-state index in [-0.39, 0.29) is 29.3 Å². The zero-order chi connectivity index (χ0) is 22.6. The average molecular weight is 419 g/mol. The van der Waals surface area contributed by atoms with Crippen LogP contribution in [0.2, 0.25) is 0 Å². The molecule has 3 rings (SSSR count). The molecular weight excluding hydrogens is 394 g/mol. The number of hydrogen-bond acceptors (Lipinski definition) is 6. The maximum Gasteiger partial charge on any atom is 0.267 e. The molecule has 0 atom stereocenters. The van der Waals surface area contributed by atoms with Gasteiger partial charge in [-0.2, -0.15) is 0 Å². The van der Waals surface area contributed by atoms with Crippen molar-refractivity contribution >= 4 is 17.6 Å². The first-order valence-electron chi connectivity index (χ1n) is 9.72. The van der Waals surface area contributed by atoms with Crippen LogP contribution in [0.25, 0.3) is 11.4 Å². The molecule has 1 heterocycles. The standard InChI is InChI=1S/C23H25N5O3/c1-23(2,3)15-6-10-17(11-7-15)31-16-8-4-14(5-9-16)22-27-18(21(25)30)12-20(28-22)26-13-19(24)29/h4-12H,13H2,1-3H3,(H2,24,29)(H2,25,30)(H,26,27,28). The van der Waals surface area contributed by atoms with E-state index in [4.69, 9.17) is 16.2 Å². The molecule has 0 spiro atoms. The first kappa shape index (κ1) is 21.8. The summed E-state index contributed by atoms with van der Waals surface area (Å²) >= 11 is 0. The molecule has 1 aromatic heterocycles. The molecular formula is C23H25N5O3. The molecule has 0 fully saturated rings. The van der Waals surface area contributed by atoms with Crippen molar-refractivity contribution < 1.29 is 14.3 Å². The molecule has 2 aromatic carbocycles. The number of carbonyl (C=O) groups is 2. The molecule has 0 unspecified atom stereocenters. The normalized spacial score (nSPS) is 11.1. The van der Waals surface area contributed by atoms with Crippen molar-refractivity contribution in [1.82, 2.24) is 9.97 Å². The van der Waals surface area contributed by atoms with E-state index < -0.39 is 11.8 Å². The minimum Gasteiger partial charge on any atom is -0.457 e. The average Bonchev–Trinajstić information content (AvgIpc) is 2.72. The van der Waals surface area contributed by atoms with Gasteiger partial charge in [0.25, 0.3) is 5.91 Å². The van der Waals surface area contributed by atoms with Gasteiger partial charge in [-0.05, 0) is 47.4 Å². The van der Waals surface area contributed by atoms with Crippen LogP contribution in [0.1, 0.15) is 36.8 Å². The van der Waals surface area contributed by atoms with Crippen molar-refractivity contribution in [2.45, 2.75) is 26.2 Å². The highest BCUT2D eigenvalue weighted by atomic mass is 16.5. The van der Waals surface area contributed by atoms with Gasteiger partial charge < -0.3 is 21.5 Å². The number of rotatable bonds is 7. The van der Waals surface area contributed by atoms with Gasteiger partial charge in [-0.1, -0.05) is 32.9 Å². The molecule has 8 nitrogen and oxygen atoms in total. The Morgan fingerprint density at radius 3 is 2.03 bits per heavy atom. The van der Waals surface area contributed by atoms with Gasteiger partial charge in [0.05, 0.1) is 6.54 Å². The third-order valence-corrected chi connectivity index (χ3v) is 4.49. The molecule has 0 saturated carbocycles. The SMILES string of the molecule is CC(C)(C)c1ccc(Oc2ccc(-c3nc(NCC(N)=O)cc(C(N)=O)n3)cc2)cc1. The zero-order valence-corrected chi connectivity index (χ0v) is 17.7. The monoisotopic (exact) mass is 419 g/mol. The number of nitrogens with one attached hydrogen (secondary N) is 1. The van der Waals surface area contributed by atoms with E-state index in [1.54, 1.807) is 24.3 Å². The van der Waals surface area contributed by atoms with Crippen LogP contribution < -0.4 is 21.5 Å². The molecule has 3 aromatic rings. The molecule has 0 aliphatic heterocycles. The number of nitrogens with two attached hydrogens (primary N) is 2. The highest BCUT2D eigenvalue weighted by Gasteiger charge is 2.14. The highest BCUT2D eigenvalue weighted by Crippen LogP contribution is 2.28. The van der Waals surface area contributed by atoms with Crippen LogP contribution in [0.5, 0.6) is 11.5 Å². The maximum atomic E-state index is 11.6. The lowest BCUT2D eigenvalue weighted by Gasteiger charge is -2.19. The van der Waals surface area contributed by atoms with E-state index in [0.717, 1.165) is 5.75 Å². The predicted octanol–water partition coefficient (Wildman–Crippen LogP) is 3.23. The summed E-state index contributed by atoms with van der Waals surface area (Å²) in [6.07, 6.45) is 0. The van der Waals surface area contributed by atoms with Crippen molar-refractivity contribution in [2.75, 3.05) is 11.9 Å². The fraction of sp³-hybridized carbons (Fsp3) is 0.217. The molecule has 0 bridgehead atoms. The Hall–Kier alpha value is -3.94. The van der Waals surface area contributed by atoms with Crippen LogP contribution in [-0.2, 0) is 10.2 Å². The van der Waals surface area contributed by atoms with Gasteiger partial charge >= 0.3 is 0 Å². The van der Waals surface area contributed by atoms with Crippen molar-refractivity contribution in [3.63, 3.8) is 0 Å². The Labute approximate surface area is 180 Å². The third-order valence-electron chi connectivity index (χ3n) is 4.49. The Balaban J connectivity index is 1.80. The lowest BCUT2D eigenvalue weighted by molar-refractivity contribution is -0.116. The van der Waals surface area contributed by atoms with Crippen molar-refractivity contribution in [2.24, 2.45) is 11.5 Å². The summed E-state index contributed by atoms with van der Waals surface area (Å²) < 4.78 is 5.91. The van der Waals surface area contributed by atoms with E-state index in [1.807, 2.05) is 24.3 Å². The second-order valence-corrected chi connectivity index (χ2v) is 8.05. The largest absolute Gasteiger partial charge is 0.457 e. The van der Waals surface area contributed by atoms with Gasteiger partial charge in [0.2, 0.25) is 5.91 Å². The van der Waals surface area contributed by atoms with Crippen LogP contribution in [0.15, 0.2) is 54.6 Å². The number of ether oxygens (including phenoxy) is 1. The number of amides is 2. The number of hydrogen-bond donors (Lipinski definition) is 3. The Kier molecular flexibility index (Phi) is 6.20. The highest BCUT2D eigenvalue weighted by molar-refractivity contribution is 5.92. The molecule has 160 valence electrons. The Bertz CT molecular complexity index is 1090. The van der Waals surface area contributed by atoms with E-state index in [2.05, 4.69) is 36.1 Å². The molecule has 31 heavy (non-hydrogen) atoms. The molecule has 0 aliphatic carbocycles. The number of carbonyl (C=O) groups excluding carboxylic acids is 2. The molecule has 0 saturated heterocycles. The van der Waals surface area contributed by atoms with Gasteiger partial charge in [-0.15, -0.1) is 0 Å². The van der Waals surface area contributed by atoms with E-state index in [9.17, 15) is 9.59 Å². The van der Waals surface area contributed by atoms with Crippen molar-refractivity contribution in [3.05, 3.63) is 65.9 Å². The summed E-state index contributed by atoms with van der Waals surface area (Å²) in [6.45, 7) is 6.35. The van der Waals surface area contributed by atoms with Gasteiger partial charge in [0.1, 0.15) is 23.0 Å². The summed E-state index contributed by atoms with van der Waals surface area (Å²) in [5.41, 5.74) is 12.5. The van der Waals surface area contributed by atoms with E-state index >= 15 is 0 Å². The third kappa shape index (κ3) is 5.79. The molecule has 5 N–H and O–H groups in total. The van der Waals surface area contributed by atoms with Crippen molar-refractivity contribution in [3.8, 4) is 22.9 Å². The second kappa shape index (κ2) is 8.83. The molecule has 0 aliphatic rings. The maximum absolute atomic E-state index is 11.6. The van der Waals surface area contributed by atoms with Crippen LogP contribution in [0.3, 0.4) is 0 Å². The first-order valence-corrected chi connectivity index (χ1v) is 9.72. The number of aromatic nitrogens is 2. The molecule has 0 radical (unpaired) electrons. The van der Waals surface area contributed by atoms with Crippen LogP contribution in [0.4, 0.5) is 5.82 Å². The fourth-order valence-electron chi connectivity index (χ4n) is 2.80. The summed E-state index contributed by atoms with van der Waals surface area (Å²) in [4.78, 5) is 31.1. The summed E-state index contributed by atoms with van der Waals surface area (Å²) in [5, 5.41) is 2.75. The van der Waals surface area contributed by atoms with Crippen LogP contribution in [0, 0.1) is 0 Å². The quantitative estimate of drug-likeness (QED) is 0.538. The molecule has 8 heteroatoms. The fourth-order valence-corrected chi connectivity index (χ4v) is 2.80. The Morgan fingerprint density at radius 1 is 0.935 bits per heavy atom. The summed E-state index contributed by atoms with van der Waals surface area (Å²) in [5.74, 6) is 0.666. The van der Waals surface area contributed by atoms with E-state index in [0.29, 0.717) is 11.3 Å². The topological polar surface area (TPSA) is 133 Å². The van der Waals surface area contributed by atoms with Gasteiger partial charge in [-0.25, -0.2) is 9.97 Å². The summed E-state index contributed by atoms with van der Waals surface area (Å²) in [7, 11) is 0. The number of anilines is 1. The van der Waals surface area contributed by atoms with Crippen molar-refractivity contribution in [1.29, 1.82) is 0 Å². The van der Waals surface area contributed by atoms with Gasteiger partial charge in [-0.3, -0.25) is 9.59 Å². The summed E-state index contributed by atoms with van der Waals surface area (Å²) in [6, 6.07) is 16.4. The predicted molar refractivity (Wildman–Crippen MR) is 119 cm³/mol. The lowest BCUT2D eigenvalue weighted by Crippen LogP contribution is -2.23. The molecule has 2 amide bonds. The number of nitrogens with zero attached hydrogens (tertiary/aromatic N) is 2. The van der Waals surface area contributed by atoms with Gasteiger partial charge in [0.15, 0.2) is 5.82 Å². The zero-order valence-electron chi connectivity index (χ0n) is 17.7. The van der Waals surface area contributed by atoms with Crippen LogP contribution >= 0.6 is 0 Å². The van der Waals surface area contributed by atoms with Gasteiger partial charge in [0, 0.05) is 11.6 Å². The number of benzene rings is 2.